The van der Waals surface area contributed by atoms with E-state index in [1.807, 2.05) is 0 Å². The topological polar surface area (TPSA) is 17.3 Å². The van der Waals surface area contributed by atoms with Crippen molar-refractivity contribution >= 4 is 27.3 Å². The Hall–Kier alpha value is -3.13. The Morgan fingerprint density at radius 3 is 1.91 bits per heavy atom. The highest BCUT2D eigenvalue weighted by Gasteiger charge is 2.21. The second kappa shape index (κ2) is 8.58. The predicted octanol–water partition coefficient (Wildman–Crippen LogP) is 8.63. The number of imidazole rings is 1. The third-order valence-electron chi connectivity index (χ3n) is 7.04. The molecule has 0 aliphatic carbocycles. The van der Waals surface area contributed by atoms with Crippen LogP contribution in [0.4, 0.5) is 0 Å². The minimum Gasteiger partial charge on any atom is -0.291 e. The number of aryl methyl sites for hydroxylation is 3. The Morgan fingerprint density at radius 1 is 0.706 bits per heavy atom. The largest absolute Gasteiger partial charge is 0.291 e. The molecule has 2 aromatic heterocycles. The summed E-state index contributed by atoms with van der Waals surface area (Å²) in [5, 5.41) is 3.85. The lowest BCUT2D eigenvalue weighted by Gasteiger charge is -2.19. The molecule has 2 heteroatoms. The van der Waals surface area contributed by atoms with Gasteiger partial charge in [-0.25, -0.2) is 4.98 Å². The molecule has 0 aliphatic heterocycles. The van der Waals surface area contributed by atoms with Crippen LogP contribution >= 0.6 is 0 Å². The van der Waals surface area contributed by atoms with Crippen LogP contribution in [0, 0.1) is 32.6 Å². The summed E-state index contributed by atoms with van der Waals surface area (Å²) in [5.41, 5.74) is 11.5. The van der Waals surface area contributed by atoms with Gasteiger partial charge in [-0.05, 0) is 85.2 Å². The van der Waals surface area contributed by atoms with Gasteiger partial charge in [-0.2, -0.15) is 0 Å². The van der Waals surface area contributed by atoms with Crippen molar-refractivity contribution in [2.75, 3.05) is 0 Å². The lowest BCUT2D eigenvalue weighted by Crippen LogP contribution is -2.05. The Balaban J connectivity index is 2.00. The van der Waals surface area contributed by atoms with Crippen LogP contribution in [0.5, 0.6) is 0 Å². The van der Waals surface area contributed by atoms with Crippen LogP contribution in [-0.2, 0) is 12.8 Å². The lowest BCUT2D eigenvalue weighted by atomic mass is 9.90. The molecule has 0 spiro atoms. The molecular formula is C32H36N2. The van der Waals surface area contributed by atoms with Gasteiger partial charge in [0.15, 0.2) is 0 Å². The molecule has 0 amide bonds. The molecule has 0 radical (unpaired) electrons. The van der Waals surface area contributed by atoms with Crippen LogP contribution in [0.3, 0.4) is 0 Å². The highest BCUT2D eigenvalue weighted by molar-refractivity contribution is 6.13. The van der Waals surface area contributed by atoms with Gasteiger partial charge in [-0.3, -0.25) is 4.40 Å². The van der Waals surface area contributed by atoms with Crippen molar-refractivity contribution in [2.24, 2.45) is 11.8 Å². The molecule has 5 aromatic rings. The van der Waals surface area contributed by atoms with Crippen molar-refractivity contribution in [1.29, 1.82) is 0 Å². The average molecular weight is 449 g/mol. The maximum Gasteiger partial charge on any atom is 0.145 e. The maximum atomic E-state index is 5.17. The zero-order valence-electron chi connectivity index (χ0n) is 21.7. The molecule has 0 saturated heterocycles. The van der Waals surface area contributed by atoms with Crippen molar-refractivity contribution in [1.82, 2.24) is 9.38 Å². The number of pyridine rings is 1. The number of rotatable bonds is 5. The predicted molar refractivity (Wildman–Crippen MR) is 147 cm³/mol. The molecule has 2 nitrogen and oxygen atoms in total. The van der Waals surface area contributed by atoms with E-state index in [0.717, 1.165) is 24.2 Å². The zero-order valence-corrected chi connectivity index (χ0v) is 21.7. The minimum atomic E-state index is 0.613. The summed E-state index contributed by atoms with van der Waals surface area (Å²) in [6, 6.07) is 20.3. The van der Waals surface area contributed by atoms with Crippen LogP contribution in [0.1, 0.15) is 55.6 Å². The smallest absolute Gasteiger partial charge is 0.145 e. The van der Waals surface area contributed by atoms with E-state index in [0.29, 0.717) is 11.8 Å². The molecule has 0 fully saturated rings. The molecule has 0 aliphatic rings. The van der Waals surface area contributed by atoms with Crippen LogP contribution in [0.15, 0.2) is 54.6 Å². The van der Waals surface area contributed by atoms with Crippen molar-refractivity contribution in [2.45, 2.75) is 61.3 Å². The molecule has 0 bridgehead atoms. The summed E-state index contributed by atoms with van der Waals surface area (Å²) in [7, 11) is 0. The third kappa shape index (κ3) is 3.70. The summed E-state index contributed by atoms with van der Waals surface area (Å²) in [6.07, 6.45) is 2.20. The molecule has 34 heavy (non-hydrogen) atoms. The molecule has 0 N–H and O–H groups in total. The number of nitrogens with zero attached hydrogens (tertiary/aromatic N) is 2. The second-order valence-electron chi connectivity index (χ2n) is 10.9. The molecule has 174 valence electrons. The van der Waals surface area contributed by atoms with Gasteiger partial charge < -0.3 is 0 Å². The number of aromatic nitrogens is 2. The highest BCUT2D eigenvalue weighted by atomic mass is 15.0. The van der Waals surface area contributed by atoms with Gasteiger partial charge in [0.05, 0.1) is 16.9 Å². The van der Waals surface area contributed by atoms with Crippen molar-refractivity contribution in [3.8, 4) is 11.3 Å². The summed E-state index contributed by atoms with van der Waals surface area (Å²) in [6.45, 7) is 15.9. The fourth-order valence-electron chi connectivity index (χ4n) is 5.68. The van der Waals surface area contributed by atoms with E-state index < -0.39 is 0 Å². The average Bonchev–Trinajstić information content (AvgIpc) is 3.11. The molecule has 2 heterocycles. The number of hydrogen-bond acceptors (Lipinski definition) is 1. The molecular weight excluding hydrogens is 412 g/mol. The van der Waals surface area contributed by atoms with Crippen LogP contribution in [-0.4, -0.2) is 9.38 Å². The SMILES string of the molecule is Cc1cccc(C)c1-c1c(C)nc2c3ccccc3c3cc(CC(C)C)c(CC(C)C)cc3n12. The highest BCUT2D eigenvalue weighted by Crippen LogP contribution is 2.38. The first-order valence-electron chi connectivity index (χ1n) is 12.7. The fraction of sp³-hybridized carbons (Fsp3) is 0.344. The Kier molecular flexibility index (Phi) is 5.72. The molecule has 0 saturated carbocycles. The summed E-state index contributed by atoms with van der Waals surface area (Å²) >= 11 is 0. The Bertz CT molecular complexity index is 1510. The van der Waals surface area contributed by atoms with Gasteiger partial charge in [-0.1, -0.05) is 70.2 Å². The molecule has 0 atom stereocenters. The van der Waals surface area contributed by atoms with E-state index >= 15 is 0 Å². The summed E-state index contributed by atoms with van der Waals surface area (Å²) in [4.78, 5) is 5.17. The van der Waals surface area contributed by atoms with E-state index in [-0.39, 0.29) is 0 Å². The van der Waals surface area contributed by atoms with Gasteiger partial charge in [0, 0.05) is 16.3 Å². The first-order valence-corrected chi connectivity index (χ1v) is 12.7. The monoisotopic (exact) mass is 448 g/mol. The normalized spacial score (nSPS) is 12.1. The first-order chi connectivity index (χ1) is 16.3. The maximum absolute atomic E-state index is 5.17. The zero-order chi connectivity index (χ0) is 24.1. The fourth-order valence-corrected chi connectivity index (χ4v) is 5.68. The molecule has 5 rings (SSSR count). The van der Waals surface area contributed by atoms with Gasteiger partial charge >= 0.3 is 0 Å². The van der Waals surface area contributed by atoms with Crippen molar-refractivity contribution in [3.63, 3.8) is 0 Å². The van der Waals surface area contributed by atoms with Gasteiger partial charge in [0.2, 0.25) is 0 Å². The second-order valence-corrected chi connectivity index (χ2v) is 10.9. The number of hydrogen-bond donors (Lipinski definition) is 0. The van der Waals surface area contributed by atoms with Gasteiger partial charge in [0.1, 0.15) is 5.65 Å². The van der Waals surface area contributed by atoms with Crippen LogP contribution < -0.4 is 0 Å². The standard InChI is InChI=1S/C32H36N2/c1-19(2)15-24-17-28-26-13-8-9-14-27(26)32-33-23(7)31(30-21(5)11-10-12-22(30)6)34(32)29(28)18-25(24)16-20(3)4/h8-14,17-20H,15-16H2,1-7H3. The molecule has 3 aromatic carbocycles. The third-order valence-corrected chi connectivity index (χ3v) is 7.04. The molecule has 0 unspecified atom stereocenters. The van der Waals surface area contributed by atoms with Gasteiger partial charge in [0.25, 0.3) is 0 Å². The Morgan fingerprint density at radius 2 is 1.29 bits per heavy atom. The van der Waals surface area contributed by atoms with E-state index in [4.69, 9.17) is 4.98 Å². The van der Waals surface area contributed by atoms with Crippen LogP contribution in [0.2, 0.25) is 0 Å². The minimum absolute atomic E-state index is 0.613. The van der Waals surface area contributed by atoms with E-state index in [2.05, 4.69) is 107 Å². The van der Waals surface area contributed by atoms with E-state index in [1.54, 1.807) is 0 Å². The Labute approximate surface area is 203 Å². The van der Waals surface area contributed by atoms with E-state index in [1.165, 1.54) is 55.2 Å². The van der Waals surface area contributed by atoms with Gasteiger partial charge in [-0.15, -0.1) is 0 Å². The number of fused-ring (bicyclic) bond motifs is 6. The summed E-state index contributed by atoms with van der Waals surface area (Å²) in [5.74, 6) is 1.24. The first kappa shape index (κ1) is 22.7. The van der Waals surface area contributed by atoms with Crippen molar-refractivity contribution < 1.29 is 0 Å². The lowest BCUT2D eigenvalue weighted by molar-refractivity contribution is 0.616. The van der Waals surface area contributed by atoms with Crippen LogP contribution in [0.25, 0.3) is 38.6 Å². The quantitative estimate of drug-likeness (QED) is 0.246. The van der Waals surface area contributed by atoms with E-state index in [9.17, 15) is 0 Å². The van der Waals surface area contributed by atoms with Crippen molar-refractivity contribution in [3.05, 3.63) is 82.5 Å². The summed E-state index contributed by atoms with van der Waals surface area (Å²) < 4.78 is 2.45. The number of benzene rings is 3.